The number of aromatic nitrogens is 2. The van der Waals surface area contributed by atoms with Crippen LogP contribution in [0.2, 0.25) is 5.02 Å². The summed E-state index contributed by atoms with van der Waals surface area (Å²) in [5.74, 6) is -0.124. The zero-order valence-corrected chi connectivity index (χ0v) is 15.9. The Bertz CT molecular complexity index is 790. The normalized spacial score (nSPS) is 11.7. The van der Waals surface area contributed by atoms with Gasteiger partial charge in [0.05, 0.1) is 22.6 Å². The summed E-state index contributed by atoms with van der Waals surface area (Å²) in [5.41, 5.74) is 1.08. The van der Waals surface area contributed by atoms with Crippen LogP contribution in [-0.2, 0) is 16.1 Å². The molecule has 1 aromatic carbocycles. The first kappa shape index (κ1) is 21.0. The van der Waals surface area contributed by atoms with Crippen molar-refractivity contribution in [1.29, 1.82) is 0 Å². The van der Waals surface area contributed by atoms with Crippen molar-refractivity contribution >= 4 is 18.1 Å². The van der Waals surface area contributed by atoms with Crippen LogP contribution in [0.1, 0.15) is 19.5 Å². The number of nitrogens with zero attached hydrogens (tertiary/aromatic N) is 3. The molecule has 0 aliphatic heterocycles. The first-order chi connectivity index (χ1) is 12.7. The highest BCUT2D eigenvalue weighted by Gasteiger charge is 2.21. The zero-order chi connectivity index (χ0) is 20.0. The third kappa shape index (κ3) is 6.41. The average molecular weight is 400 g/mol. The molecule has 0 aliphatic carbocycles. The van der Waals surface area contributed by atoms with Gasteiger partial charge in [-0.3, -0.25) is 14.7 Å². The minimum atomic E-state index is -2.97. The highest BCUT2D eigenvalue weighted by molar-refractivity contribution is 6.32. The van der Waals surface area contributed by atoms with Crippen molar-refractivity contribution in [2.45, 2.75) is 32.6 Å². The standard InChI is InChI=1S/C18H20ClF2N3O3/c1-18(2,26-11-25)10-24(3)9-13-7-22-8-15(23-13)12-4-5-14(19)16(6-12)27-17(20)21/h4-8,11,17H,9-10H2,1-3H3. The van der Waals surface area contributed by atoms with Gasteiger partial charge in [0.1, 0.15) is 11.4 Å². The number of ether oxygens (including phenoxy) is 2. The topological polar surface area (TPSA) is 64.6 Å². The van der Waals surface area contributed by atoms with Gasteiger partial charge >= 0.3 is 6.61 Å². The average Bonchev–Trinajstić information content (AvgIpc) is 2.56. The smallest absolute Gasteiger partial charge is 0.387 e. The Morgan fingerprint density at radius 3 is 2.74 bits per heavy atom. The second-order valence-electron chi connectivity index (χ2n) is 6.57. The van der Waals surface area contributed by atoms with Gasteiger partial charge in [-0.2, -0.15) is 8.78 Å². The summed E-state index contributed by atoms with van der Waals surface area (Å²) < 4.78 is 34.4. The molecule has 0 amide bonds. The fraction of sp³-hybridized carbons (Fsp3) is 0.389. The van der Waals surface area contributed by atoms with E-state index in [1.807, 2.05) is 11.9 Å². The Hall–Kier alpha value is -2.32. The lowest BCUT2D eigenvalue weighted by Gasteiger charge is -2.28. The van der Waals surface area contributed by atoms with Crippen molar-refractivity contribution < 1.29 is 23.0 Å². The molecule has 0 unspecified atom stereocenters. The summed E-state index contributed by atoms with van der Waals surface area (Å²) in [4.78, 5) is 21.2. The van der Waals surface area contributed by atoms with Crippen LogP contribution < -0.4 is 4.74 Å². The van der Waals surface area contributed by atoms with Crippen molar-refractivity contribution in [2.24, 2.45) is 0 Å². The van der Waals surface area contributed by atoms with Gasteiger partial charge in [-0.05, 0) is 33.0 Å². The van der Waals surface area contributed by atoms with Crippen molar-refractivity contribution in [1.82, 2.24) is 14.9 Å². The molecular formula is C18H20ClF2N3O3. The minimum Gasteiger partial charge on any atom is -0.461 e. The quantitative estimate of drug-likeness (QED) is 0.598. The van der Waals surface area contributed by atoms with E-state index < -0.39 is 12.2 Å². The lowest BCUT2D eigenvalue weighted by atomic mass is 10.1. The van der Waals surface area contributed by atoms with Crippen LogP contribution in [0, 0.1) is 0 Å². The number of carbonyl (C=O) groups excluding carboxylic acids is 1. The molecule has 2 aromatic rings. The number of hydrogen-bond acceptors (Lipinski definition) is 6. The van der Waals surface area contributed by atoms with E-state index in [2.05, 4.69) is 14.7 Å². The molecule has 0 radical (unpaired) electrons. The molecule has 0 atom stereocenters. The molecule has 6 nitrogen and oxygen atoms in total. The number of hydrogen-bond donors (Lipinski definition) is 0. The zero-order valence-electron chi connectivity index (χ0n) is 15.2. The Labute approximate surface area is 161 Å². The summed E-state index contributed by atoms with van der Waals surface area (Å²) in [6.45, 7) is 2.01. The van der Waals surface area contributed by atoms with Gasteiger partial charge in [-0.1, -0.05) is 17.7 Å². The SMILES string of the molecule is CN(Cc1cncc(-c2ccc(Cl)c(OC(F)F)c2)n1)CC(C)(C)OC=O. The lowest BCUT2D eigenvalue weighted by molar-refractivity contribution is -0.141. The third-order valence-corrected chi connectivity index (χ3v) is 3.89. The third-order valence-electron chi connectivity index (χ3n) is 3.58. The molecule has 0 fully saturated rings. The number of alkyl halides is 2. The molecule has 1 aromatic heterocycles. The van der Waals surface area contributed by atoms with Gasteiger partial charge < -0.3 is 9.47 Å². The van der Waals surface area contributed by atoms with Gasteiger partial charge in [0, 0.05) is 24.8 Å². The van der Waals surface area contributed by atoms with E-state index in [-0.39, 0.29) is 10.8 Å². The van der Waals surface area contributed by atoms with Crippen LogP contribution in [0.3, 0.4) is 0 Å². The number of halogens is 3. The summed E-state index contributed by atoms with van der Waals surface area (Å²) >= 11 is 5.88. The highest BCUT2D eigenvalue weighted by Crippen LogP contribution is 2.30. The second-order valence-corrected chi connectivity index (χ2v) is 6.97. The van der Waals surface area contributed by atoms with Gasteiger partial charge in [0.15, 0.2) is 0 Å². The Kier molecular flexibility index (Phi) is 7.04. The van der Waals surface area contributed by atoms with Crippen LogP contribution >= 0.6 is 11.6 Å². The van der Waals surface area contributed by atoms with Crippen LogP contribution in [0.4, 0.5) is 8.78 Å². The molecule has 27 heavy (non-hydrogen) atoms. The molecule has 9 heteroatoms. The molecule has 146 valence electrons. The lowest BCUT2D eigenvalue weighted by Crippen LogP contribution is -2.38. The monoisotopic (exact) mass is 399 g/mol. The molecule has 0 bridgehead atoms. The highest BCUT2D eigenvalue weighted by atomic mass is 35.5. The van der Waals surface area contributed by atoms with Crippen molar-refractivity contribution in [3.05, 3.63) is 41.3 Å². The summed E-state index contributed by atoms with van der Waals surface area (Å²) in [5, 5.41) is 0.0836. The van der Waals surface area contributed by atoms with Crippen LogP contribution in [0.5, 0.6) is 5.75 Å². The maximum atomic E-state index is 12.5. The first-order valence-electron chi connectivity index (χ1n) is 8.06. The van der Waals surface area contributed by atoms with Gasteiger partial charge in [-0.25, -0.2) is 4.98 Å². The molecule has 0 saturated carbocycles. The van der Waals surface area contributed by atoms with Crippen molar-refractivity contribution in [2.75, 3.05) is 13.6 Å². The summed E-state index contributed by atoms with van der Waals surface area (Å²) in [6, 6.07) is 4.51. The van der Waals surface area contributed by atoms with Gasteiger partial charge in [0.2, 0.25) is 0 Å². The van der Waals surface area contributed by atoms with Crippen molar-refractivity contribution in [3.63, 3.8) is 0 Å². The Morgan fingerprint density at radius 1 is 1.33 bits per heavy atom. The van der Waals surface area contributed by atoms with E-state index >= 15 is 0 Å². The molecule has 2 rings (SSSR count). The Balaban J connectivity index is 2.17. The maximum Gasteiger partial charge on any atom is 0.387 e. The molecule has 0 aliphatic rings. The second kappa shape index (κ2) is 9.05. The predicted molar refractivity (Wildman–Crippen MR) is 96.7 cm³/mol. The van der Waals surface area contributed by atoms with Crippen LogP contribution in [-0.4, -0.2) is 47.1 Å². The number of carbonyl (C=O) groups is 1. The largest absolute Gasteiger partial charge is 0.461 e. The predicted octanol–water partition coefficient (Wildman–Crippen LogP) is 3.78. The van der Waals surface area contributed by atoms with Crippen LogP contribution in [0.25, 0.3) is 11.3 Å². The number of likely N-dealkylation sites (N-methyl/N-ethyl adjacent to an activating group) is 1. The fourth-order valence-electron chi connectivity index (χ4n) is 2.62. The van der Waals surface area contributed by atoms with E-state index in [4.69, 9.17) is 16.3 Å². The molecular weight excluding hydrogens is 380 g/mol. The summed E-state index contributed by atoms with van der Waals surface area (Å²) in [6.07, 6.45) is 3.14. The summed E-state index contributed by atoms with van der Waals surface area (Å²) in [7, 11) is 1.86. The van der Waals surface area contributed by atoms with Crippen LogP contribution in [0.15, 0.2) is 30.6 Å². The minimum absolute atomic E-state index is 0.0836. The number of benzene rings is 1. The molecule has 0 N–H and O–H groups in total. The van der Waals surface area contributed by atoms with E-state index in [9.17, 15) is 13.6 Å². The van der Waals surface area contributed by atoms with E-state index in [0.29, 0.717) is 36.5 Å². The molecule has 1 heterocycles. The van der Waals surface area contributed by atoms with E-state index in [1.54, 1.807) is 26.1 Å². The molecule has 0 saturated heterocycles. The maximum absolute atomic E-state index is 12.5. The van der Waals surface area contributed by atoms with E-state index in [1.165, 1.54) is 18.3 Å². The van der Waals surface area contributed by atoms with Gasteiger partial charge in [-0.15, -0.1) is 0 Å². The molecule has 0 spiro atoms. The first-order valence-corrected chi connectivity index (χ1v) is 8.43. The van der Waals surface area contributed by atoms with Crippen molar-refractivity contribution in [3.8, 4) is 17.0 Å². The van der Waals surface area contributed by atoms with E-state index in [0.717, 1.165) is 0 Å². The van der Waals surface area contributed by atoms with Gasteiger partial charge in [0.25, 0.3) is 6.47 Å². The Morgan fingerprint density at radius 2 is 2.07 bits per heavy atom. The number of rotatable bonds is 9. The fourth-order valence-corrected chi connectivity index (χ4v) is 2.78.